The number of amides is 2. The summed E-state index contributed by atoms with van der Waals surface area (Å²) in [6, 6.07) is 17.0. The lowest BCUT2D eigenvalue weighted by atomic mass is 10.1. The molecule has 3 aromatic carbocycles. The zero-order valence-electron chi connectivity index (χ0n) is 17.1. The fraction of sp³-hybridized carbons (Fsp3) is 0.125. The summed E-state index contributed by atoms with van der Waals surface area (Å²) in [4.78, 5) is 38.4. The van der Waals surface area contributed by atoms with E-state index in [0.717, 1.165) is 5.56 Å². The minimum absolute atomic E-state index is 0.120. The number of nitrogens with one attached hydrogen (secondary N) is 1. The fourth-order valence-corrected chi connectivity index (χ4v) is 3.35. The number of benzene rings is 3. The van der Waals surface area contributed by atoms with Crippen LogP contribution in [0.5, 0.6) is 5.75 Å². The van der Waals surface area contributed by atoms with Gasteiger partial charge in [0.05, 0.1) is 24.9 Å². The third-order valence-corrected chi connectivity index (χ3v) is 4.95. The van der Waals surface area contributed by atoms with Crippen LogP contribution >= 0.6 is 0 Å². The van der Waals surface area contributed by atoms with E-state index in [1.807, 2.05) is 0 Å². The maximum Gasteiger partial charge on any atom is 0.337 e. The number of fused-ring (bicyclic) bond motifs is 1. The van der Waals surface area contributed by atoms with Crippen LogP contribution in [0.15, 0.2) is 66.7 Å². The molecule has 0 radical (unpaired) electrons. The predicted octanol–water partition coefficient (Wildman–Crippen LogP) is 3.79. The van der Waals surface area contributed by atoms with E-state index >= 15 is 0 Å². The largest absolute Gasteiger partial charge is 0.482 e. The van der Waals surface area contributed by atoms with Gasteiger partial charge in [0.1, 0.15) is 11.6 Å². The summed E-state index contributed by atoms with van der Waals surface area (Å²) in [6.07, 6.45) is 0. The number of carbonyl (C=O) groups is 3. The van der Waals surface area contributed by atoms with Crippen molar-refractivity contribution in [2.24, 2.45) is 0 Å². The molecule has 1 N–H and O–H groups in total. The van der Waals surface area contributed by atoms with E-state index in [9.17, 15) is 18.8 Å². The smallest absolute Gasteiger partial charge is 0.337 e. The molecule has 0 atom stereocenters. The maximum atomic E-state index is 13.1. The number of ether oxygens (including phenoxy) is 2. The lowest BCUT2D eigenvalue weighted by Crippen LogP contribution is -2.38. The van der Waals surface area contributed by atoms with Crippen LogP contribution in [0.3, 0.4) is 0 Å². The molecule has 0 unspecified atom stereocenters. The number of methoxy groups -OCH3 is 1. The number of rotatable bonds is 5. The molecule has 0 fully saturated rings. The fourth-order valence-electron chi connectivity index (χ4n) is 3.35. The van der Waals surface area contributed by atoms with E-state index in [1.54, 1.807) is 42.5 Å². The number of anilines is 2. The first-order valence-electron chi connectivity index (χ1n) is 9.76. The Morgan fingerprint density at radius 1 is 1.06 bits per heavy atom. The summed E-state index contributed by atoms with van der Waals surface area (Å²) in [6.45, 7) is 0.0837. The molecule has 0 bridgehead atoms. The Kier molecular flexibility index (Phi) is 5.85. The Morgan fingerprint density at radius 3 is 2.59 bits per heavy atom. The Balaban J connectivity index is 1.59. The number of halogens is 1. The van der Waals surface area contributed by atoms with Crippen molar-refractivity contribution in [2.75, 3.05) is 23.9 Å². The highest BCUT2D eigenvalue weighted by molar-refractivity contribution is 6.05. The second-order valence-electron chi connectivity index (χ2n) is 7.10. The van der Waals surface area contributed by atoms with Gasteiger partial charge in [-0.25, -0.2) is 9.18 Å². The van der Waals surface area contributed by atoms with E-state index < -0.39 is 17.7 Å². The Labute approximate surface area is 183 Å². The number of hydrogen-bond donors (Lipinski definition) is 1. The van der Waals surface area contributed by atoms with Crippen LogP contribution in [0.25, 0.3) is 0 Å². The van der Waals surface area contributed by atoms with Crippen molar-refractivity contribution < 1.29 is 28.2 Å². The van der Waals surface area contributed by atoms with Crippen LogP contribution in [0.1, 0.15) is 26.3 Å². The molecule has 0 saturated heterocycles. The monoisotopic (exact) mass is 434 g/mol. The molecular formula is C24H19FN2O5. The highest BCUT2D eigenvalue weighted by atomic mass is 19.1. The normalized spacial score (nSPS) is 12.6. The third-order valence-electron chi connectivity index (χ3n) is 4.95. The summed E-state index contributed by atoms with van der Waals surface area (Å²) in [5.41, 5.74) is 2.35. The van der Waals surface area contributed by atoms with Crippen LogP contribution in [-0.4, -0.2) is 31.5 Å². The number of carbonyl (C=O) groups excluding carboxylic acids is 3. The van der Waals surface area contributed by atoms with Crippen molar-refractivity contribution in [3.63, 3.8) is 0 Å². The van der Waals surface area contributed by atoms with Gasteiger partial charge >= 0.3 is 5.97 Å². The average molecular weight is 434 g/mol. The molecule has 32 heavy (non-hydrogen) atoms. The van der Waals surface area contributed by atoms with Gasteiger partial charge in [0.25, 0.3) is 11.8 Å². The maximum absolute atomic E-state index is 13.1. The summed E-state index contributed by atoms with van der Waals surface area (Å²) < 4.78 is 23.4. The highest BCUT2D eigenvalue weighted by Gasteiger charge is 2.26. The first-order chi connectivity index (χ1) is 15.4. The van der Waals surface area contributed by atoms with Crippen molar-refractivity contribution in [1.29, 1.82) is 0 Å². The van der Waals surface area contributed by atoms with Gasteiger partial charge in [-0.2, -0.15) is 0 Å². The summed E-state index contributed by atoms with van der Waals surface area (Å²) in [7, 11) is 1.30. The molecule has 7 nitrogen and oxygen atoms in total. The second-order valence-corrected chi connectivity index (χ2v) is 7.10. The first kappa shape index (κ1) is 21.0. The van der Waals surface area contributed by atoms with E-state index in [0.29, 0.717) is 28.3 Å². The Hall–Kier alpha value is -4.20. The van der Waals surface area contributed by atoms with Gasteiger partial charge in [-0.3, -0.25) is 9.59 Å². The van der Waals surface area contributed by atoms with Crippen LogP contribution in [-0.2, 0) is 16.1 Å². The molecule has 1 aliphatic heterocycles. The SMILES string of the molecule is COC(=O)c1cccc(CN2C(=O)COc3ccc(NC(=O)c4ccc(F)cc4)cc32)c1. The summed E-state index contributed by atoms with van der Waals surface area (Å²) >= 11 is 0. The quantitative estimate of drug-likeness (QED) is 0.618. The number of hydrogen-bond acceptors (Lipinski definition) is 5. The minimum atomic E-state index is -0.466. The molecule has 4 rings (SSSR count). The van der Waals surface area contributed by atoms with Crippen molar-refractivity contribution in [1.82, 2.24) is 0 Å². The van der Waals surface area contributed by atoms with Gasteiger partial charge in [0, 0.05) is 11.3 Å². The van der Waals surface area contributed by atoms with Crippen LogP contribution < -0.4 is 15.0 Å². The highest BCUT2D eigenvalue weighted by Crippen LogP contribution is 2.35. The predicted molar refractivity (Wildman–Crippen MR) is 115 cm³/mol. The molecule has 162 valence electrons. The van der Waals surface area contributed by atoms with Crippen molar-refractivity contribution in [3.8, 4) is 5.75 Å². The molecular weight excluding hydrogens is 415 g/mol. The molecule has 1 heterocycles. The van der Waals surface area contributed by atoms with Gasteiger partial charge in [-0.05, 0) is 60.2 Å². The van der Waals surface area contributed by atoms with Crippen LogP contribution in [0.2, 0.25) is 0 Å². The molecule has 2 amide bonds. The van der Waals surface area contributed by atoms with Crippen molar-refractivity contribution >= 4 is 29.2 Å². The van der Waals surface area contributed by atoms with E-state index in [4.69, 9.17) is 9.47 Å². The Bertz CT molecular complexity index is 1190. The van der Waals surface area contributed by atoms with Gasteiger partial charge in [-0.15, -0.1) is 0 Å². The zero-order chi connectivity index (χ0) is 22.7. The lowest BCUT2D eigenvalue weighted by molar-refractivity contribution is -0.121. The summed E-state index contributed by atoms with van der Waals surface area (Å²) in [5.74, 6) is -1.08. The van der Waals surface area contributed by atoms with E-state index in [2.05, 4.69) is 5.32 Å². The van der Waals surface area contributed by atoms with Crippen LogP contribution in [0, 0.1) is 5.82 Å². The van der Waals surface area contributed by atoms with Crippen LogP contribution in [0.4, 0.5) is 15.8 Å². The van der Waals surface area contributed by atoms with E-state index in [-0.39, 0.29) is 19.1 Å². The van der Waals surface area contributed by atoms with E-state index in [1.165, 1.54) is 36.3 Å². The van der Waals surface area contributed by atoms with Gasteiger partial charge in [0.2, 0.25) is 0 Å². The first-order valence-corrected chi connectivity index (χ1v) is 9.76. The van der Waals surface area contributed by atoms with Crippen molar-refractivity contribution in [3.05, 3.63) is 89.2 Å². The minimum Gasteiger partial charge on any atom is -0.482 e. The van der Waals surface area contributed by atoms with Gasteiger partial charge < -0.3 is 19.7 Å². The molecule has 0 aliphatic carbocycles. The second kappa shape index (κ2) is 8.89. The van der Waals surface area contributed by atoms with Crippen molar-refractivity contribution in [2.45, 2.75) is 6.54 Å². The molecule has 0 aromatic heterocycles. The number of nitrogens with zero attached hydrogens (tertiary/aromatic N) is 1. The molecule has 0 saturated carbocycles. The average Bonchev–Trinajstić information content (AvgIpc) is 2.81. The van der Waals surface area contributed by atoms with Gasteiger partial charge in [-0.1, -0.05) is 12.1 Å². The zero-order valence-corrected chi connectivity index (χ0v) is 17.1. The molecule has 8 heteroatoms. The molecule has 3 aromatic rings. The Morgan fingerprint density at radius 2 is 1.84 bits per heavy atom. The standard InChI is InChI=1S/C24H19FN2O5/c1-31-24(30)17-4-2-3-15(11-17)13-27-20-12-19(9-10-21(20)32-14-22(27)28)26-23(29)16-5-7-18(25)8-6-16/h2-12H,13-14H2,1H3,(H,26,29). The van der Waals surface area contributed by atoms with Gasteiger partial charge in [0.15, 0.2) is 6.61 Å². The molecule has 0 spiro atoms. The summed E-state index contributed by atoms with van der Waals surface area (Å²) in [5, 5.41) is 2.74. The lowest BCUT2D eigenvalue weighted by Gasteiger charge is -2.30. The number of esters is 1. The third kappa shape index (κ3) is 4.44. The molecule has 1 aliphatic rings. The topological polar surface area (TPSA) is 84.9 Å².